The van der Waals surface area contributed by atoms with Crippen molar-refractivity contribution in [3.8, 4) is 0 Å². The quantitative estimate of drug-likeness (QED) is 0.369. The van der Waals surface area contributed by atoms with E-state index in [1.807, 2.05) is 0 Å². The van der Waals surface area contributed by atoms with Crippen molar-refractivity contribution in [3.05, 3.63) is 0 Å². The van der Waals surface area contributed by atoms with Crippen molar-refractivity contribution < 1.29 is 44.4 Å². The summed E-state index contributed by atoms with van der Waals surface area (Å²) in [6.45, 7) is 0. The molecule has 0 spiro atoms. The molecule has 16 heavy (non-hydrogen) atoms. The summed E-state index contributed by atoms with van der Waals surface area (Å²) >= 11 is 21.0. The van der Waals surface area contributed by atoms with Crippen molar-refractivity contribution in [2.75, 3.05) is 0 Å². The van der Waals surface area contributed by atoms with Crippen molar-refractivity contribution in [1.82, 2.24) is 0 Å². The van der Waals surface area contributed by atoms with Gasteiger partial charge in [-0.2, -0.15) is 28.7 Å². The zero-order valence-corrected chi connectivity index (χ0v) is 13.3. The largest absolute Gasteiger partial charge is 0.525 e. The van der Waals surface area contributed by atoms with E-state index in [-0.39, 0.29) is 20.4 Å². The van der Waals surface area contributed by atoms with Crippen molar-refractivity contribution in [2.24, 2.45) is 0 Å². The topological polar surface area (TPSA) is 85.3 Å². The van der Waals surface area contributed by atoms with Crippen LogP contribution in [0, 0.1) is 0 Å². The molecular weight excluding hydrogens is 504 g/mol. The molecule has 0 saturated carbocycles. The van der Waals surface area contributed by atoms with Gasteiger partial charge in [0, 0.05) is 20.4 Å². The summed E-state index contributed by atoms with van der Waals surface area (Å²) in [4.78, 5) is 42.2. The van der Waals surface area contributed by atoms with Gasteiger partial charge >= 0.3 is 0 Å². The maximum Gasteiger partial charge on any atom is 0 e. The average molecular weight is 504 g/mol. The van der Waals surface area contributed by atoms with Gasteiger partial charge in [-0.15, -0.1) is 0 Å². The van der Waals surface area contributed by atoms with Crippen LogP contribution < -0.4 is 0 Å². The summed E-state index contributed by atoms with van der Waals surface area (Å²) in [6.07, 6.45) is 0. The minimum absolute atomic E-state index is 0. The second-order valence-electron chi connectivity index (χ2n) is 0.386. The van der Waals surface area contributed by atoms with Gasteiger partial charge in [0.05, 0.1) is 0 Å². The van der Waals surface area contributed by atoms with Crippen LogP contribution in [0.4, 0.5) is 0 Å². The molecule has 97 valence electrons. The van der Waals surface area contributed by atoms with Crippen LogP contribution in [0.1, 0.15) is 0 Å². The van der Waals surface area contributed by atoms with Crippen LogP contribution >= 0.6 is 58.0 Å². The van der Waals surface area contributed by atoms with Gasteiger partial charge in [-0.1, -0.05) is 0 Å². The molecule has 0 aliphatic carbocycles. The van der Waals surface area contributed by atoms with E-state index in [2.05, 4.69) is 58.0 Å². The van der Waals surface area contributed by atoms with E-state index in [0.29, 0.717) is 0 Å². The van der Waals surface area contributed by atoms with Crippen LogP contribution in [0.5, 0.6) is 0 Å². The molecule has 0 aliphatic heterocycles. The summed E-state index contributed by atoms with van der Waals surface area (Å²) in [5, 5.41) is 0. The maximum atomic E-state index is 8.45. The first-order valence-corrected chi connectivity index (χ1v) is 3.86. The van der Waals surface area contributed by atoms with Gasteiger partial charge < -0.3 is 82.0 Å². The van der Waals surface area contributed by atoms with Gasteiger partial charge in [0.15, 0.2) is 0 Å². The Morgan fingerprint density at radius 2 is 0.438 bits per heavy atom. The second kappa shape index (κ2) is 108. The molecule has 0 saturated heterocycles. The Hall–Kier alpha value is 0.462. The molecule has 0 amide bonds. The van der Waals surface area contributed by atoms with Crippen LogP contribution in [0.25, 0.3) is 0 Å². The molecule has 0 unspecified atom stereocenters. The molecule has 0 heterocycles. The van der Waals surface area contributed by atoms with Crippen molar-refractivity contribution in [1.29, 1.82) is 0 Å². The first kappa shape index (κ1) is 36.0. The third-order valence-electron chi connectivity index (χ3n) is 0. The van der Waals surface area contributed by atoms with Crippen molar-refractivity contribution >= 4 is 86.7 Å². The first-order valence-electron chi connectivity index (χ1n) is 1.97. The molecule has 0 aromatic heterocycles. The molecular formula is C5Cl5O5Re-5. The molecule has 0 rings (SSSR count). The van der Waals surface area contributed by atoms with Crippen LogP contribution in [0.3, 0.4) is 0 Å². The second-order valence-corrected chi connectivity index (χ2v) is 1.16. The minimum Gasteiger partial charge on any atom is -0.525 e. The molecule has 0 aromatic carbocycles. The third-order valence-corrected chi connectivity index (χ3v) is 0. The van der Waals surface area contributed by atoms with E-state index in [0.717, 1.165) is 28.7 Å². The van der Waals surface area contributed by atoms with E-state index in [1.165, 1.54) is 0 Å². The Kier molecular flexibility index (Phi) is 244. The predicted octanol–water partition coefficient (Wildman–Crippen LogP) is 1.46. The van der Waals surface area contributed by atoms with Crippen LogP contribution in [-0.4, -0.2) is 28.7 Å². The first-order chi connectivity index (χ1) is 7.07. The Morgan fingerprint density at radius 1 is 0.438 bits per heavy atom. The normalized spacial score (nSPS) is 4.06. The van der Waals surface area contributed by atoms with E-state index in [4.69, 9.17) is 24.0 Å². The summed E-state index contributed by atoms with van der Waals surface area (Å²) in [7, 11) is 0. The Labute approximate surface area is 130 Å². The fraction of sp³-hybridized carbons (Fsp3) is 0. The predicted molar refractivity (Wildman–Crippen MR) is 57.7 cm³/mol. The third kappa shape index (κ3) is 12300. The molecule has 0 aliphatic rings. The van der Waals surface area contributed by atoms with E-state index < -0.39 is 0 Å². The summed E-state index contributed by atoms with van der Waals surface area (Å²) < 4.78 is 0. The maximum absolute atomic E-state index is 8.45. The standard InChI is InChI=1S/5CClO.Re/c5*2-1-3;/q5*-1;. The molecule has 0 aromatic rings. The summed E-state index contributed by atoms with van der Waals surface area (Å²) in [5.41, 5.74) is 0. The summed E-state index contributed by atoms with van der Waals surface area (Å²) in [5.74, 6) is 4.86. The number of halogens is 5. The fourth-order valence-electron chi connectivity index (χ4n) is 0. The van der Waals surface area contributed by atoms with Crippen molar-refractivity contribution in [2.45, 2.75) is 0 Å². The Morgan fingerprint density at radius 3 is 0.438 bits per heavy atom. The van der Waals surface area contributed by atoms with Gasteiger partial charge in [0.2, 0.25) is 0 Å². The zero-order valence-electron chi connectivity index (χ0n) is 6.81. The average Bonchev–Trinajstić information content (AvgIpc) is 2.09. The Balaban J connectivity index is -0.0000000192. The zero-order chi connectivity index (χ0) is 13.5. The molecule has 5 nitrogen and oxygen atoms in total. The van der Waals surface area contributed by atoms with Gasteiger partial charge in [-0.3, -0.25) is 0 Å². The van der Waals surface area contributed by atoms with Gasteiger partial charge in [-0.05, 0) is 0 Å². The molecule has 0 atom stereocenters. The van der Waals surface area contributed by atoms with E-state index in [9.17, 15) is 0 Å². The molecule has 0 bridgehead atoms. The van der Waals surface area contributed by atoms with E-state index in [1.54, 1.807) is 0 Å². The monoisotopic (exact) mass is 502 g/mol. The molecule has 1 radical (unpaired) electrons. The number of carbonyl (C=O) groups excluding carboxylic acids is 5. The number of hydrogen-bond donors (Lipinski definition) is 0. The minimum atomic E-state index is 0. The van der Waals surface area contributed by atoms with Crippen LogP contribution in [0.2, 0.25) is 0 Å². The van der Waals surface area contributed by atoms with Crippen LogP contribution in [-0.2, 0) is 44.4 Å². The molecule has 11 heteroatoms. The Bertz CT molecular complexity index is 102. The van der Waals surface area contributed by atoms with Gasteiger partial charge in [-0.25, -0.2) is 0 Å². The van der Waals surface area contributed by atoms with Gasteiger partial charge in [0.25, 0.3) is 0 Å². The SMILES string of the molecule is O=[C-]Cl.O=[C-]Cl.O=[C-]Cl.O=[C-]Cl.O=[C-]Cl.[Re]. The smallest absolute Gasteiger partial charge is 0 e. The van der Waals surface area contributed by atoms with Crippen molar-refractivity contribution in [3.63, 3.8) is 0 Å². The van der Waals surface area contributed by atoms with E-state index >= 15 is 0 Å². The number of hydrogen-bond acceptors (Lipinski definition) is 5. The van der Waals surface area contributed by atoms with Gasteiger partial charge in [0.1, 0.15) is 0 Å². The molecule has 0 fully saturated rings. The molecule has 0 N–H and O–H groups in total. The van der Waals surface area contributed by atoms with Crippen LogP contribution in [0.15, 0.2) is 0 Å². The summed E-state index contributed by atoms with van der Waals surface area (Å²) in [6, 6.07) is 0. The number of rotatable bonds is 0. The fourth-order valence-corrected chi connectivity index (χ4v) is 0.